The maximum Gasteiger partial charge on any atom is 0.419 e. The van der Waals surface area contributed by atoms with E-state index in [-0.39, 0.29) is 23.9 Å². The van der Waals surface area contributed by atoms with Gasteiger partial charge in [-0.05, 0) is 12.1 Å². The van der Waals surface area contributed by atoms with Crippen molar-refractivity contribution in [3.8, 4) is 0 Å². The van der Waals surface area contributed by atoms with Crippen LogP contribution in [0.3, 0.4) is 0 Å². The first-order valence-corrected chi connectivity index (χ1v) is 6.69. The molecule has 2 rings (SSSR count). The third kappa shape index (κ3) is 3.69. The number of aromatic carboxylic acids is 1. The second kappa shape index (κ2) is 6.53. The van der Waals surface area contributed by atoms with Crippen LogP contribution in [-0.4, -0.2) is 40.7 Å². The highest BCUT2D eigenvalue weighted by atomic mass is 35.5. The SMILES string of the molecule is O=C(O)c1ccc(C(F)(F)F)c(N2CCSCC2)n1.[Cl-]. The Morgan fingerprint density at radius 3 is 2.40 bits per heavy atom. The summed E-state index contributed by atoms with van der Waals surface area (Å²) in [4.78, 5) is 16.0. The lowest BCUT2D eigenvalue weighted by atomic mass is 10.2. The van der Waals surface area contributed by atoms with E-state index in [0.29, 0.717) is 24.6 Å². The zero-order chi connectivity index (χ0) is 14.0. The van der Waals surface area contributed by atoms with Crippen LogP contribution in [0.4, 0.5) is 19.0 Å². The molecule has 1 aliphatic heterocycles. The lowest BCUT2D eigenvalue weighted by Gasteiger charge is -2.29. The smallest absolute Gasteiger partial charge is 0.419 e. The summed E-state index contributed by atoms with van der Waals surface area (Å²) in [5.74, 6) is -0.207. The monoisotopic (exact) mass is 327 g/mol. The van der Waals surface area contributed by atoms with E-state index in [1.807, 2.05) is 0 Å². The summed E-state index contributed by atoms with van der Waals surface area (Å²) in [6, 6.07) is 1.67. The molecule has 0 unspecified atom stereocenters. The lowest BCUT2D eigenvalue weighted by molar-refractivity contribution is -0.137. The summed E-state index contributed by atoms with van der Waals surface area (Å²) >= 11 is 1.65. The van der Waals surface area contributed by atoms with E-state index in [2.05, 4.69) is 4.98 Å². The highest BCUT2D eigenvalue weighted by Gasteiger charge is 2.36. The number of alkyl halides is 3. The number of rotatable bonds is 2. The number of anilines is 1. The molecule has 1 N–H and O–H groups in total. The molecular formula is C11H11ClF3N2O2S-. The number of hydrogen-bond acceptors (Lipinski definition) is 4. The Balaban J connectivity index is 0.00000200. The van der Waals surface area contributed by atoms with Gasteiger partial charge in [0.05, 0.1) is 5.56 Å². The number of carboxylic acids is 1. The van der Waals surface area contributed by atoms with Gasteiger partial charge < -0.3 is 22.4 Å². The van der Waals surface area contributed by atoms with Crippen molar-refractivity contribution in [2.24, 2.45) is 0 Å². The van der Waals surface area contributed by atoms with Gasteiger partial charge >= 0.3 is 12.1 Å². The largest absolute Gasteiger partial charge is 1.00 e. The second-order valence-electron chi connectivity index (χ2n) is 3.97. The van der Waals surface area contributed by atoms with Crippen LogP contribution in [0.2, 0.25) is 0 Å². The molecule has 0 bridgehead atoms. The molecule has 0 atom stereocenters. The first kappa shape index (κ1) is 16.9. The van der Waals surface area contributed by atoms with E-state index in [0.717, 1.165) is 12.1 Å². The van der Waals surface area contributed by atoms with Crippen LogP contribution < -0.4 is 17.3 Å². The number of carboxylic acid groups (broad SMARTS) is 1. The van der Waals surface area contributed by atoms with Crippen molar-refractivity contribution in [3.05, 3.63) is 23.4 Å². The van der Waals surface area contributed by atoms with Gasteiger partial charge in [0, 0.05) is 24.6 Å². The van der Waals surface area contributed by atoms with Crippen LogP contribution in [0.5, 0.6) is 0 Å². The fourth-order valence-electron chi connectivity index (χ4n) is 1.80. The summed E-state index contributed by atoms with van der Waals surface area (Å²) in [5.41, 5.74) is -1.26. The fraction of sp³-hybridized carbons (Fsp3) is 0.455. The van der Waals surface area contributed by atoms with Gasteiger partial charge in [-0.2, -0.15) is 24.9 Å². The molecule has 20 heavy (non-hydrogen) atoms. The van der Waals surface area contributed by atoms with Crippen molar-refractivity contribution >= 4 is 23.5 Å². The second-order valence-corrected chi connectivity index (χ2v) is 5.19. The van der Waals surface area contributed by atoms with Gasteiger partial charge in [-0.1, -0.05) is 0 Å². The van der Waals surface area contributed by atoms with Gasteiger partial charge in [-0.15, -0.1) is 0 Å². The number of carbonyl (C=O) groups is 1. The zero-order valence-corrected chi connectivity index (χ0v) is 11.7. The van der Waals surface area contributed by atoms with Crippen molar-refractivity contribution in [3.63, 3.8) is 0 Å². The Morgan fingerprint density at radius 2 is 1.90 bits per heavy atom. The van der Waals surface area contributed by atoms with E-state index in [4.69, 9.17) is 5.11 Å². The van der Waals surface area contributed by atoms with E-state index < -0.39 is 17.7 Å². The van der Waals surface area contributed by atoms with Crippen LogP contribution in [-0.2, 0) is 6.18 Å². The molecule has 1 aliphatic rings. The van der Waals surface area contributed by atoms with Gasteiger partial charge in [0.25, 0.3) is 0 Å². The standard InChI is InChI=1S/C11H11F3N2O2S.ClH/c12-11(13,14)7-1-2-8(10(17)18)15-9(7)16-3-5-19-6-4-16;/h1-2H,3-6H2,(H,17,18);1H/p-1. The van der Waals surface area contributed by atoms with Crippen molar-refractivity contribution in [2.75, 3.05) is 29.5 Å². The Labute approximate surface area is 123 Å². The molecule has 2 heterocycles. The minimum atomic E-state index is -4.54. The summed E-state index contributed by atoms with van der Waals surface area (Å²) in [6.07, 6.45) is -4.54. The number of thioether (sulfide) groups is 1. The van der Waals surface area contributed by atoms with Crippen molar-refractivity contribution in [1.82, 2.24) is 4.98 Å². The number of nitrogens with zero attached hydrogens (tertiary/aromatic N) is 2. The summed E-state index contributed by atoms with van der Waals surface area (Å²) in [7, 11) is 0. The Bertz CT molecular complexity index is 493. The zero-order valence-electron chi connectivity index (χ0n) is 10.2. The van der Waals surface area contributed by atoms with E-state index in [9.17, 15) is 18.0 Å². The Morgan fingerprint density at radius 1 is 1.30 bits per heavy atom. The van der Waals surface area contributed by atoms with Crippen LogP contribution in [0.1, 0.15) is 16.1 Å². The summed E-state index contributed by atoms with van der Waals surface area (Å²) in [5, 5.41) is 8.83. The van der Waals surface area contributed by atoms with Crippen molar-refractivity contribution < 1.29 is 35.5 Å². The predicted molar refractivity (Wildman–Crippen MR) is 65.7 cm³/mol. The molecule has 0 saturated carbocycles. The first-order chi connectivity index (χ1) is 8.89. The number of hydrogen-bond donors (Lipinski definition) is 1. The van der Waals surface area contributed by atoms with Gasteiger partial charge in [-0.25, -0.2) is 9.78 Å². The fourth-order valence-corrected chi connectivity index (χ4v) is 2.71. The molecule has 0 amide bonds. The third-order valence-electron chi connectivity index (χ3n) is 2.71. The van der Waals surface area contributed by atoms with Gasteiger partial charge in [0.2, 0.25) is 0 Å². The van der Waals surface area contributed by atoms with Gasteiger partial charge in [0.1, 0.15) is 5.82 Å². The van der Waals surface area contributed by atoms with Gasteiger partial charge in [-0.3, -0.25) is 0 Å². The maximum atomic E-state index is 12.9. The molecule has 9 heteroatoms. The van der Waals surface area contributed by atoms with Gasteiger partial charge in [0.15, 0.2) is 5.69 Å². The Hall–Kier alpha value is -1.15. The molecule has 1 fully saturated rings. The quantitative estimate of drug-likeness (QED) is 0.783. The number of pyridine rings is 1. The topological polar surface area (TPSA) is 53.4 Å². The van der Waals surface area contributed by atoms with Crippen LogP contribution in [0, 0.1) is 0 Å². The normalized spacial score (nSPS) is 15.7. The summed E-state index contributed by atoms with van der Waals surface area (Å²) < 4.78 is 38.8. The average Bonchev–Trinajstić information content (AvgIpc) is 2.38. The van der Waals surface area contributed by atoms with Crippen LogP contribution in [0.15, 0.2) is 12.1 Å². The molecule has 1 aromatic rings. The lowest BCUT2D eigenvalue weighted by Crippen LogP contribution is -3.00. The first-order valence-electron chi connectivity index (χ1n) is 5.54. The van der Waals surface area contributed by atoms with E-state index >= 15 is 0 Å². The molecule has 1 aromatic heterocycles. The molecule has 0 aliphatic carbocycles. The minimum Gasteiger partial charge on any atom is -1.00 e. The van der Waals surface area contributed by atoms with E-state index in [1.54, 1.807) is 11.8 Å². The molecular weight excluding hydrogens is 317 g/mol. The number of aromatic nitrogens is 1. The highest BCUT2D eigenvalue weighted by molar-refractivity contribution is 7.99. The molecule has 0 spiro atoms. The summed E-state index contributed by atoms with van der Waals surface area (Å²) in [6.45, 7) is 0.869. The maximum absolute atomic E-state index is 12.9. The average molecular weight is 328 g/mol. The third-order valence-corrected chi connectivity index (χ3v) is 3.65. The highest BCUT2D eigenvalue weighted by Crippen LogP contribution is 2.36. The molecule has 1 saturated heterocycles. The molecule has 112 valence electrons. The van der Waals surface area contributed by atoms with Crippen LogP contribution >= 0.6 is 11.8 Å². The predicted octanol–water partition coefficient (Wildman–Crippen LogP) is -0.644. The number of halogens is 4. The minimum absolute atomic E-state index is 0. The molecule has 0 radical (unpaired) electrons. The van der Waals surface area contributed by atoms with Crippen molar-refractivity contribution in [1.29, 1.82) is 0 Å². The molecule has 4 nitrogen and oxygen atoms in total. The van der Waals surface area contributed by atoms with Crippen molar-refractivity contribution in [2.45, 2.75) is 6.18 Å². The Kier molecular flexibility index (Phi) is 5.52. The van der Waals surface area contributed by atoms with E-state index in [1.165, 1.54) is 4.90 Å². The molecule has 0 aromatic carbocycles. The van der Waals surface area contributed by atoms with Crippen LogP contribution in [0.25, 0.3) is 0 Å².